The van der Waals surface area contributed by atoms with Gasteiger partial charge in [0, 0.05) is 17.7 Å². The van der Waals surface area contributed by atoms with Crippen LogP contribution in [0.2, 0.25) is 0 Å². The highest BCUT2D eigenvalue weighted by Gasteiger charge is 2.19. The number of benzene rings is 1. The second-order valence-corrected chi connectivity index (χ2v) is 4.89. The van der Waals surface area contributed by atoms with E-state index in [1.807, 2.05) is 5.32 Å². The van der Waals surface area contributed by atoms with Crippen LogP contribution in [-0.2, 0) is 0 Å². The number of aromatic nitrogens is 1. The van der Waals surface area contributed by atoms with Crippen molar-refractivity contribution < 1.29 is 18.0 Å². The lowest BCUT2D eigenvalue weighted by Crippen LogP contribution is -2.17. The van der Waals surface area contributed by atoms with E-state index in [0.717, 1.165) is 18.2 Å². The second-order valence-electron chi connectivity index (χ2n) is 3.97. The third kappa shape index (κ3) is 3.15. The van der Waals surface area contributed by atoms with Gasteiger partial charge in [-0.2, -0.15) is 0 Å². The Bertz CT molecular complexity index is 686. The first-order chi connectivity index (χ1) is 9.93. The number of pyridine rings is 1. The van der Waals surface area contributed by atoms with Gasteiger partial charge < -0.3 is 10.6 Å². The van der Waals surface area contributed by atoms with Gasteiger partial charge in [0.15, 0.2) is 23.3 Å². The molecule has 0 radical (unpaired) electrons. The van der Waals surface area contributed by atoms with Gasteiger partial charge in [0.05, 0.1) is 5.56 Å². The highest BCUT2D eigenvalue weighted by molar-refractivity contribution is 9.10. The van der Waals surface area contributed by atoms with E-state index in [2.05, 4.69) is 26.2 Å². The molecule has 0 aliphatic carbocycles. The molecule has 0 fully saturated rings. The minimum Gasteiger partial charge on any atom is -0.371 e. The molecule has 1 amide bonds. The van der Waals surface area contributed by atoms with Gasteiger partial charge >= 0.3 is 0 Å². The molecule has 0 aliphatic rings. The molecule has 4 nitrogen and oxygen atoms in total. The fraction of sp³-hybridized carbons (Fsp3) is 0.0769. The number of hydrogen-bond acceptors (Lipinski definition) is 3. The van der Waals surface area contributed by atoms with E-state index in [0.29, 0.717) is 0 Å². The molecule has 1 aromatic carbocycles. The lowest BCUT2D eigenvalue weighted by atomic mass is 10.2. The molecule has 2 rings (SSSR count). The molecule has 1 aromatic heterocycles. The normalized spacial score (nSPS) is 10.3. The molecule has 2 N–H and O–H groups in total. The van der Waals surface area contributed by atoms with Crippen LogP contribution < -0.4 is 10.6 Å². The Labute approximate surface area is 126 Å². The van der Waals surface area contributed by atoms with Gasteiger partial charge in [-0.15, -0.1) is 0 Å². The van der Waals surface area contributed by atoms with Gasteiger partial charge in [0.25, 0.3) is 5.91 Å². The zero-order chi connectivity index (χ0) is 15.6. The van der Waals surface area contributed by atoms with Crippen LogP contribution in [0.3, 0.4) is 0 Å². The number of amides is 1. The van der Waals surface area contributed by atoms with E-state index in [9.17, 15) is 18.0 Å². The van der Waals surface area contributed by atoms with Gasteiger partial charge in [-0.25, -0.2) is 18.2 Å². The molecular weight excluding hydrogens is 351 g/mol. The average Bonchev–Trinajstić information content (AvgIpc) is 2.42. The Morgan fingerprint density at radius 2 is 1.86 bits per heavy atom. The summed E-state index contributed by atoms with van der Waals surface area (Å²) in [6.45, 7) is 0. The number of rotatable bonds is 3. The standard InChI is InChI=1S/C13H9BrF3N3O/c1-18-12-10(17)7(2-3-19-12)13(21)20-11-8(15)4-6(14)5-9(11)16/h2-5H,1H3,(H,18,19)(H,20,21). The highest BCUT2D eigenvalue weighted by Crippen LogP contribution is 2.25. The molecule has 110 valence electrons. The van der Waals surface area contributed by atoms with E-state index in [-0.39, 0.29) is 15.9 Å². The summed E-state index contributed by atoms with van der Waals surface area (Å²) < 4.78 is 41.4. The molecule has 0 bridgehead atoms. The summed E-state index contributed by atoms with van der Waals surface area (Å²) >= 11 is 2.92. The van der Waals surface area contributed by atoms with Crippen LogP contribution in [-0.4, -0.2) is 17.9 Å². The molecule has 1 heterocycles. The summed E-state index contributed by atoms with van der Waals surface area (Å²) in [4.78, 5) is 15.6. The van der Waals surface area contributed by atoms with Crippen molar-refractivity contribution >= 4 is 33.3 Å². The number of nitrogens with zero attached hydrogens (tertiary/aromatic N) is 1. The van der Waals surface area contributed by atoms with E-state index in [4.69, 9.17) is 0 Å². The quantitative estimate of drug-likeness (QED) is 0.880. The topological polar surface area (TPSA) is 54.0 Å². The van der Waals surface area contributed by atoms with Gasteiger partial charge in [0.2, 0.25) is 0 Å². The summed E-state index contributed by atoms with van der Waals surface area (Å²) in [6, 6.07) is 3.08. The summed E-state index contributed by atoms with van der Waals surface area (Å²) in [5, 5.41) is 4.47. The van der Waals surface area contributed by atoms with E-state index in [1.54, 1.807) is 0 Å². The van der Waals surface area contributed by atoms with Crippen molar-refractivity contribution in [3.8, 4) is 0 Å². The van der Waals surface area contributed by atoms with Gasteiger partial charge in [0.1, 0.15) is 5.69 Å². The zero-order valence-electron chi connectivity index (χ0n) is 10.7. The predicted octanol–water partition coefficient (Wildman–Crippen LogP) is 3.56. The van der Waals surface area contributed by atoms with Crippen molar-refractivity contribution in [2.75, 3.05) is 17.7 Å². The number of carbonyl (C=O) groups excluding carboxylic acids is 1. The maximum atomic E-state index is 13.9. The third-order valence-corrected chi connectivity index (χ3v) is 3.07. The first-order valence-electron chi connectivity index (χ1n) is 5.72. The van der Waals surface area contributed by atoms with Crippen LogP contribution in [0, 0.1) is 17.5 Å². The minimum atomic E-state index is -0.980. The first kappa shape index (κ1) is 15.3. The van der Waals surface area contributed by atoms with Crippen LogP contribution in [0.15, 0.2) is 28.9 Å². The monoisotopic (exact) mass is 359 g/mol. The summed E-state index contributed by atoms with van der Waals surface area (Å²) in [5.74, 6) is -3.97. The Balaban J connectivity index is 2.35. The number of anilines is 2. The van der Waals surface area contributed by atoms with Crippen molar-refractivity contribution in [2.24, 2.45) is 0 Å². The lowest BCUT2D eigenvalue weighted by molar-refractivity contribution is 0.102. The largest absolute Gasteiger partial charge is 0.371 e. The van der Waals surface area contributed by atoms with Crippen LogP contribution in [0.25, 0.3) is 0 Å². The van der Waals surface area contributed by atoms with Crippen LogP contribution in [0.5, 0.6) is 0 Å². The molecule has 0 saturated heterocycles. The fourth-order valence-corrected chi connectivity index (χ4v) is 2.04. The minimum absolute atomic E-state index is 0.139. The molecule has 0 spiro atoms. The molecular formula is C13H9BrF3N3O. The van der Waals surface area contributed by atoms with Crippen molar-refractivity contribution in [1.29, 1.82) is 0 Å². The SMILES string of the molecule is CNc1nccc(C(=O)Nc2c(F)cc(Br)cc2F)c1F. The first-order valence-corrected chi connectivity index (χ1v) is 6.51. The average molecular weight is 360 g/mol. The van der Waals surface area contributed by atoms with Crippen molar-refractivity contribution in [3.63, 3.8) is 0 Å². The second kappa shape index (κ2) is 6.13. The van der Waals surface area contributed by atoms with Crippen molar-refractivity contribution in [2.45, 2.75) is 0 Å². The summed E-state index contributed by atoms with van der Waals surface area (Å²) in [5.41, 5.74) is -1.03. The van der Waals surface area contributed by atoms with Crippen LogP contribution in [0.4, 0.5) is 24.7 Å². The molecule has 8 heteroatoms. The van der Waals surface area contributed by atoms with Gasteiger partial charge in [-0.05, 0) is 18.2 Å². The molecule has 0 unspecified atom stereocenters. The smallest absolute Gasteiger partial charge is 0.258 e. The number of carbonyl (C=O) groups is 1. The lowest BCUT2D eigenvalue weighted by Gasteiger charge is -2.10. The number of halogens is 4. The maximum Gasteiger partial charge on any atom is 0.258 e. The summed E-state index contributed by atoms with van der Waals surface area (Å²) in [7, 11) is 1.43. The zero-order valence-corrected chi connectivity index (χ0v) is 12.3. The van der Waals surface area contributed by atoms with Crippen LogP contribution >= 0.6 is 15.9 Å². The molecule has 0 aliphatic heterocycles. The Kier molecular flexibility index (Phi) is 4.46. The van der Waals surface area contributed by atoms with Crippen molar-refractivity contribution in [3.05, 3.63) is 51.9 Å². The van der Waals surface area contributed by atoms with E-state index >= 15 is 0 Å². The highest BCUT2D eigenvalue weighted by atomic mass is 79.9. The molecule has 0 saturated carbocycles. The van der Waals surface area contributed by atoms with E-state index < -0.39 is 29.0 Å². The molecule has 0 atom stereocenters. The number of nitrogens with one attached hydrogen (secondary N) is 2. The molecule has 2 aromatic rings. The van der Waals surface area contributed by atoms with Gasteiger partial charge in [-0.1, -0.05) is 15.9 Å². The Hall–Kier alpha value is -2.09. The van der Waals surface area contributed by atoms with Gasteiger partial charge in [-0.3, -0.25) is 4.79 Å². The van der Waals surface area contributed by atoms with Crippen molar-refractivity contribution in [1.82, 2.24) is 4.98 Å². The van der Waals surface area contributed by atoms with E-state index in [1.165, 1.54) is 13.2 Å². The number of hydrogen-bond donors (Lipinski definition) is 2. The predicted molar refractivity (Wildman–Crippen MR) is 75.8 cm³/mol. The maximum absolute atomic E-state index is 13.9. The fourth-order valence-electron chi connectivity index (χ4n) is 1.64. The Morgan fingerprint density at radius 1 is 1.24 bits per heavy atom. The third-order valence-electron chi connectivity index (χ3n) is 2.62. The Morgan fingerprint density at radius 3 is 2.43 bits per heavy atom. The van der Waals surface area contributed by atoms with Crippen LogP contribution in [0.1, 0.15) is 10.4 Å². The molecule has 21 heavy (non-hydrogen) atoms. The summed E-state index contributed by atoms with van der Waals surface area (Å²) in [6.07, 6.45) is 1.21.